The molecule has 27 heavy (non-hydrogen) atoms. The predicted octanol–water partition coefficient (Wildman–Crippen LogP) is 3.65. The summed E-state index contributed by atoms with van der Waals surface area (Å²) < 4.78 is 2.03. The van der Waals surface area contributed by atoms with Crippen molar-refractivity contribution in [1.82, 2.24) is 15.1 Å². The Kier molecular flexibility index (Phi) is 7.45. The summed E-state index contributed by atoms with van der Waals surface area (Å²) in [7, 11) is 0. The number of amides is 1. The Morgan fingerprint density at radius 3 is 2.63 bits per heavy atom. The zero-order chi connectivity index (χ0) is 20.0. The molecule has 0 aliphatic rings. The Labute approximate surface area is 163 Å². The maximum absolute atomic E-state index is 12.4. The summed E-state index contributed by atoms with van der Waals surface area (Å²) in [6, 6.07) is 8.48. The minimum atomic E-state index is 0.0607. The van der Waals surface area contributed by atoms with E-state index in [4.69, 9.17) is 0 Å². The lowest BCUT2D eigenvalue weighted by Gasteiger charge is -2.23. The molecule has 1 amide bonds. The average molecular weight is 371 g/mol. The monoisotopic (exact) mass is 370 g/mol. The molecule has 1 N–H and O–H groups in total. The van der Waals surface area contributed by atoms with Gasteiger partial charge in [-0.3, -0.25) is 9.48 Å². The molecule has 0 aliphatic carbocycles. The van der Waals surface area contributed by atoms with E-state index in [1.165, 1.54) is 11.3 Å². The van der Waals surface area contributed by atoms with E-state index in [9.17, 15) is 4.79 Å². The number of carbonyl (C=O) groups is 1. The van der Waals surface area contributed by atoms with Gasteiger partial charge in [-0.15, -0.1) is 0 Å². The highest BCUT2D eigenvalue weighted by atomic mass is 16.1. The van der Waals surface area contributed by atoms with E-state index in [-0.39, 0.29) is 5.91 Å². The molecule has 0 saturated carbocycles. The number of aryl methyl sites for hydroxylation is 2. The smallest absolute Gasteiger partial charge is 0.224 e. The third kappa shape index (κ3) is 5.84. The maximum atomic E-state index is 12.4. The van der Waals surface area contributed by atoms with Gasteiger partial charge < -0.3 is 10.2 Å². The Balaban J connectivity index is 1.90. The topological polar surface area (TPSA) is 50.2 Å². The van der Waals surface area contributed by atoms with E-state index >= 15 is 0 Å². The molecule has 1 aromatic heterocycles. The van der Waals surface area contributed by atoms with Gasteiger partial charge >= 0.3 is 0 Å². The highest BCUT2D eigenvalue weighted by Crippen LogP contribution is 2.16. The first-order valence-electron chi connectivity index (χ1n) is 9.93. The fourth-order valence-electron chi connectivity index (χ4n) is 3.36. The molecule has 0 fully saturated rings. The summed E-state index contributed by atoms with van der Waals surface area (Å²) in [5, 5.41) is 7.67. The van der Waals surface area contributed by atoms with Gasteiger partial charge in [0.05, 0.1) is 12.1 Å². The van der Waals surface area contributed by atoms with Crippen LogP contribution in [0.25, 0.3) is 0 Å². The van der Waals surface area contributed by atoms with Crippen molar-refractivity contribution in [2.24, 2.45) is 5.92 Å². The number of likely N-dealkylation sites (N-methyl/N-ethyl adjacent to an activating group) is 1. The highest BCUT2D eigenvalue weighted by molar-refractivity contribution is 5.79. The summed E-state index contributed by atoms with van der Waals surface area (Å²) in [5.74, 6) is 0.594. The number of rotatable bonds is 9. The fraction of sp³-hybridized carbons (Fsp3) is 0.545. The number of nitrogens with zero attached hydrogens (tertiary/aromatic N) is 3. The first kappa shape index (κ1) is 21.0. The zero-order valence-corrected chi connectivity index (χ0v) is 17.7. The van der Waals surface area contributed by atoms with Gasteiger partial charge in [-0.1, -0.05) is 26.0 Å². The molecule has 2 aromatic rings. The Morgan fingerprint density at radius 1 is 1.26 bits per heavy atom. The molecule has 0 saturated heterocycles. The second kappa shape index (κ2) is 9.58. The molecule has 1 aromatic carbocycles. The van der Waals surface area contributed by atoms with Crippen LogP contribution in [0.5, 0.6) is 0 Å². The second-order valence-corrected chi connectivity index (χ2v) is 7.67. The van der Waals surface area contributed by atoms with Gasteiger partial charge in [-0.25, -0.2) is 0 Å². The highest BCUT2D eigenvalue weighted by Gasteiger charge is 2.15. The van der Waals surface area contributed by atoms with Crippen molar-refractivity contribution >= 4 is 11.6 Å². The van der Waals surface area contributed by atoms with Crippen LogP contribution in [0, 0.1) is 26.7 Å². The van der Waals surface area contributed by atoms with Crippen LogP contribution < -0.4 is 10.2 Å². The number of nitrogens with one attached hydrogen (secondary N) is 1. The third-order valence-corrected chi connectivity index (χ3v) is 4.86. The van der Waals surface area contributed by atoms with Gasteiger partial charge in [-0.05, 0) is 51.3 Å². The summed E-state index contributed by atoms with van der Waals surface area (Å²) in [4.78, 5) is 14.7. The van der Waals surface area contributed by atoms with Crippen molar-refractivity contribution in [2.75, 3.05) is 24.5 Å². The van der Waals surface area contributed by atoms with E-state index < -0.39 is 0 Å². The van der Waals surface area contributed by atoms with E-state index in [0.29, 0.717) is 18.9 Å². The normalized spacial score (nSPS) is 11.1. The molecule has 1 heterocycles. The zero-order valence-electron chi connectivity index (χ0n) is 17.7. The quantitative estimate of drug-likeness (QED) is 0.733. The van der Waals surface area contributed by atoms with Gasteiger partial charge in [0.1, 0.15) is 0 Å². The van der Waals surface area contributed by atoms with Crippen LogP contribution in [0.2, 0.25) is 0 Å². The molecule has 5 heteroatoms. The molecule has 0 radical (unpaired) electrons. The Bertz CT molecular complexity index is 764. The molecule has 0 bridgehead atoms. The van der Waals surface area contributed by atoms with Crippen molar-refractivity contribution in [3.63, 3.8) is 0 Å². The average Bonchev–Trinajstić information content (AvgIpc) is 2.85. The molecular weight excluding hydrogens is 336 g/mol. The van der Waals surface area contributed by atoms with Crippen molar-refractivity contribution in [2.45, 2.75) is 54.5 Å². The number of hydrogen-bond donors (Lipinski definition) is 1. The van der Waals surface area contributed by atoms with Crippen LogP contribution in [-0.2, 0) is 17.8 Å². The summed E-state index contributed by atoms with van der Waals surface area (Å²) in [5.41, 5.74) is 5.57. The molecular formula is C22H34N4O. The second-order valence-electron chi connectivity index (χ2n) is 7.67. The lowest BCUT2D eigenvalue weighted by Crippen LogP contribution is -2.35. The van der Waals surface area contributed by atoms with E-state index in [0.717, 1.165) is 36.6 Å². The number of anilines is 1. The van der Waals surface area contributed by atoms with E-state index in [1.807, 2.05) is 11.6 Å². The molecule has 0 atom stereocenters. The van der Waals surface area contributed by atoms with E-state index in [1.54, 1.807) is 0 Å². The van der Waals surface area contributed by atoms with Crippen molar-refractivity contribution in [3.8, 4) is 0 Å². The Morgan fingerprint density at radius 2 is 2.00 bits per heavy atom. The molecule has 0 unspecified atom stereocenters. The third-order valence-electron chi connectivity index (χ3n) is 4.86. The Hall–Kier alpha value is -2.30. The first-order chi connectivity index (χ1) is 12.8. The number of hydrogen-bond acceptors (Lipinski definition) is 3. The number of benzene rings is 1. The van der Waals surface area contributed by atoms with Crippen molar-refractivity contribution in [1.29, 1.82) is 0 Å². The van der Waals surface area contributed by atoms with E-state index in [2.05, 4.69) is 74.2 Å². The van der Waals surface area contributed by atoms with Gasteiger partial charge in [0, 0.05) is 43.1 Å². The minimum Gasteiger partial charge on any atom is -0.370 e. The van der Waals surface area contributed by atoms with Crippen LogP contribution in [0.3, 0.4) is 0 Å². The van der Waals surface area contributed by atoms with Crippen molar-refractivity contribution < 1.29 is 4.79 Å². The van der Waals surface area contributed by atoms with Gasteiger partial charge in [-0.2, -0.15) is 5.10 Å². The lowest BCUT2D eigenvalue weighted by atomic mass is 10.1. The molecule has 2 rings (SSSR count). The fourth-order valence-corrected chi connectivity index (χ4v) is 3.36. The minimum absolute atomic E-state index is 0.0607. The standard InChI is InChI=1S/C22H34N4O/c1-7-25(20-10-8-9-17(4)13-20)12-11-23-22(27)14-21-18(5)24-26(19(21)6)15-16(2)3/h8-10,13,16H,7,11-12,14-15H2,1-6H3,(H,23,27). The first-order valence-corrected chi connectivity index (χ1v) is 9.93. The van der Waals surface area contributed by atoms with Gasteiger partial charge in [0.15, 0.2) is 0 Å². The summed E-state index contributed by atoms with van der Waals surface area (Å²) in [6.07, 6.45) is 0.395. The van der Waals surface area contributed by atoms with Crippen LogP contribution in [0.1, 0.15) is 43.3 Å². The predicted molar refractivity (Wildman–Crippen MR) is 112 cm³/mol. The van der Waals surface area contributed by atoms with Gasteiger partial charge in [0.2, 0.25) is 5.91 Å². The number of aromatic nitrogens is 2. The van der Waals surface area contributed by atoms with Crippen LogP contribution in [0.4, 0.5) is 5.69 Å². The maximum Gasteiger partial charge on any atom is 0.224 e. The van der Waals surface area contributed by atoms with Crippen LogP contribution >= 0.6 is 0 Å². The SMILES string of the molecule is CCN(CCNC(=O)Cc1c(C)nn(CC(C)C)c1C)c1cccc(C)c1. The number of carbonyl (C=O) groups excluding carboxylic acids is 1. The lowest BCUT2D eigenvalue weighted by molar-refractivity contribution is -0.120. The molecule has 5 nitrogen and oxygen atoms in total. The molecule has 148 valence electrons. The van der Waals surface area contributed by atoms with Gasteiger partial charge in [0.25, 0.3) is 0 Å². The van der Waals surface area contributed by atoms with Crippen molar-refractivity contribution in [3.05, 3.63) is 46.8 Å². The molecule has 0 aliphatic heterocycles. The van der Waals surface area contributed by atoms with Crippen LogP contribution in [-0.4, -0.2) is 35.3 Å². The van der Waals surface area contributed by atoms with Crippen LogP contribution in [0.15, 0.2) is 24.3 Å². The largest absolute Gasteiger partial charge is 0.370 e. The summed E-state index contributed by atoms with van der Waals surface area (Å²) in [6.45, 7) is 15.9. The summed E-state index contributed by atoms with van der Waals surface area (Å²) >= 11 is 0. The molecule has 0 spiro atoms.